The number of nitrogens with two attached hydrogens (primary N) is 1. The first kappa shape index (κ1) is 10.7. The van der Waals surface area contributed by atoms with Crippen molar-refractivity contribution >= 4 is 21.8 Å². The number of hydrogen-bond acceptors (Lipinski definition) is 5. The Labute approximate surface area is 100.0 Å². The van der Waals surface area contributed by atoms with Crippen molar-refractivity contribution < 1.29 is 4.42 Å². The van der Waals surface area contributed by atoms with Crippen molar-refractivity contribution in [1.29, 1.82) is 5.26 Å². The van der Waals surface area contributed by atoms with E-state index in [1.807, 2.05) is 30.3 Å². The van der Waals surface area contributed by atoms with Gasteiger partial charge in [0.05, 0.1) is 0 Å². The Balaban J connectivity index is 2.45. The minimum absolute atomic E-state index is 0.139. The van der Waals surface area contributed by atoms with Gasteiger partial charge in [0.15, 0.2) is 0 Å². The first-order chi connectivity index (χ1) is 7.74. The maximum atomic E-state index is 8.78. The van der Waals surface area contributed by atoms with E-state index >= 15 is 0 Å². The highest BCUT2D eigenvalue weighted by atomic mass is 79.9. The monoisotopic (exact) mass is 278 g/mol. The Hall–Kier alpha value is -1.84. The number of aromatic nitrogens is 1. The normalized spacial score (nSPS) is 9.81. The lowest BCUT2D eigenvalue weighted by molar-refractivity contribution is 0.586. The van der Waals surface area contributed by atoms with Crippen LogP contribution in [0.3, 0.4) is 0 Å². The molecule has 0 atom stereocenters. The standard InChI is InChI=1S/C10H7BrN4O/c11-7-3-1-6(2-4-7)9-14-8(5-12)10(15-13)16-9/h1-4,15H,13H2. The molecule has 6 heteroatoms. The molecule has 0 aliphatic rings. The topological polar surface area (TPSA) is 87.9 Å². The number of nitriles is 1. The molecule has 0 saturated carbocycles. The fourth-order valence-electron chi connectivity index (χ4n) is 1.21. The molecule has 3 N–H and O–H groups in total. The number of anilines is 1. The predicted molar refractivity (Wildman–Crippen MR) is 62.2 cm³/mol. The molecule has 0 fully saturated rings. The maximum Gasteiger partial charge on any atom is 0.246 e. The van der Waals surface area contributed by atoms with E-state index in [2.05, 4.69) is 26.3 Å². The summed E-state index contributed by atoms with van der Waals surface area (Å²) in [6.07, 6.45) is 0. The molecule has 0 bridgehead atoms. The summed E-state index contributed by atoms with van der Waals surface area (Å²) in [5.41, 5.74) is 3.21. The second-order valence-electron chi connectivity index (χ2n) is 2.96. The molecule has 5 nitrogen and oxygen atoms in total. The summed E-state index contributed by atoms with van der Waals surface area (Å²) >= 11 is 3.33. The van der Waals surface area contributed by atoms with E-state index in [0.29, 0.717) is 5.89 Å². The lowest BCUT2D eigenvalue weighted by atomic mass is 10.2. The zero-order valence-corrected chi connectivity index (χ0v) is 9.65. The van der Waals surface area contributed by atoms with E-state index in [9.17, 15) is 0 Å². The SMILES string of the molecule is N#Cc1nc(-c2ccc(Br)cc2)oc1NN. The van der Waals surface area contributed by atoms with Crippen LogP contribution in [0.1, 0.15) is 5.69 Å². The number of rotatable bonds is 2. The second-order valence-corrected chi connectivity index (χ2v) is 3.88. The number of nitrogens with one attached hydrogen (secondary N) is 1. The zero-order chi connectivity index (χ0) is 11.5. The molecule has 1 aromatic heterocycles. The number of oxazole rings is 1. The summed E-state index contributed by atoms with van der Waals surface area (Å²) in [4.78, 5) is 4.01. The van der Waals surface area contributed by atoms with E-state index < -0.39 is 0 Å². The molecule has 2 aromatic rings. The van der Waals surface area contributed by atoms with Crippen LogP contribution >= 0.6 is 15.9 Å². The fourth-order valence-corrected chi connectivity index (χ4v) is 1.47. The molecule has 0 radical (unpaired) electrons. The highest BCUT2D eigenvalue weighted by Gasteiger charge is 2.12. The van der Waals surface area contributed by atoms with Gasteiger partial charge in [-0.1, -0.05) is 15.9 Å². The van der Waals surface area contributed by atoms with Gasteiger partial charge in [0.2, 0.25) is 17.5 Å². The molecule has 0 aliphatic heterocycles. The molecule has 0 amide bonds. The van der Waals surface area contributed by atoms with Gasteiger partial charge >= 0.3 is 0 Å². The van der Waals surface area contributed by atoms with Crippen molar-refractivity contribution in [3.05, 3.63) is 34.4 Å². The van der Waals surface area contributed by atoms with Crippen LogP contribution in [-0.2, 0) is 0 Å². The van der Waals surface area contributed by atoms with E-state index in [-0.39, 0.29) is 11.6 Å². The first-order valence-corrected chi connectivity index (χ1v) is 5.17. The molecule has 1 aromatic carbocycles. The fraction of sp³-hybridized carbons (Fsp3) is 0. The average molecular weight is 279 g/mol. The van der Waals surface area contributed by atoms with Gasteiger partial charge in [-0.2, -0.15) is 10.2 Å². The van der Waals surface area contributed by atoms with Crippen LogP contribution in [0.5, 0.6) is 0 Å². The summed E-state index contributed by atoms with van der Waals surface area (Å²) in [7, 11) is 0. The molecule has 0 spiro atoms. The second kappa shape index (κ2) is 4.35. The van der Waals surface area contributed by atoms with Gasteiger partial charge in [-0.25, -0.2) is 5.84 Å². The van der Waals surface area contributed by atoms with Crippen LogP contribution in [-0.4, -0.2) is 4.98 Å². The van der Waals surface area contributed by atoms with Crippen molar-refractivity contribution in [2.45, 2.75) is 0 Å². The van der Waals surface area contributed by atoms with E-state index in [0.717, 1.165) is 10.0 Å². The minimum Gasteiger partial charge on any atom is -0.418 e. The Kier molecular flexibility index (Phi) is 2.90. The third kappa shape index (κ3) is 1.91. The van der Waals surface area contributed by atoms with E-state index in [4.69, 9.17) is 15.5 Å². The Bertz CT molecular complexity index is 541. The molecule has 1 heterocycles. The number of nitrogen functional groups attached to an aromatic ring is 1. The van der Waals surface area contributed by atoms with Crippen LogP contribution < -0.4 is 11.3 Å². The van der Waals surface area contributed by atoms with E-state index in [1.165, 1.54) is 0 Å². The van der Waals surface area contributed by atoms with Gasteiger partial charge in [-0.05, 0) is 24.3 Å². The van der Waals surface area contributed by atoms with Crippen molar-refractivity contribution in [2.75, 3.05) is 5.43 Å². The number of hydrogen-bond donors (Lipinski definition) is 2. The van der Waals surface area contributed by atoms with Crippen LogP contribution in [0.15, 0.2) is 33.2 Å². The summed E-state index contributed by atoms with van der Waals surface area (Å²) in [6, 6.07) is 9.28. The van der Waals surface area contributed by atoms with Gasteiger partial charge < -0.3 is 4.42 Å². The molecule has 0 unspecified atom stereocenters. The molecule has 16 heavy (non-hydrogen) atoms. The largest absolute Gasteiger partial charge is 0.418 e. The Morgan fingerprint density at radius 2 is 2.06 bits per heavy atom. The predicted octanol–water partition coefficient (Wildman–Crippen LogP) is 2.26. The number of benzene rings is 1. The van der Waals surface area contributed by atoms with Gasteiger partial charge in [0.25, 0.3) is 0 Å². The van der Waals surface area contributed by atoms with Crippen molar-refractivity contribution in [1.82, 2.24) is 4.98 Å². The highest BCUT2D eigenvalue weighted by Crippen LogP contribution is 2.25. The summed E-state index contributed by atoms with van der Waals surface area (Å²) < 4.78 is 6.25. The van der Waals surface area contributed by atoms with E-state index in [1.54, 1.807) is 0 Å². The number of halogens is 1. The van der Waals surface area contributed by atoms with Crippen LogP contribution in [0.25, 0.3) is 11.5 Å². The Morgan fingerprint density at radius 1 is 1.38 bits per heavy atom. The number of nitrogens with zero attached hydrogens (tertiary/aromatic N) is 2. The van der Waals surface area contributed by atoms with Crippen molar-refractivity contribution in [3.8, 4) is 17.5 Å². The molecule has 0 saturated heterocycles. The zero-order valence-electron chi connectivity index (χ0n) is 8.07. The summed E-state index contributed by atoms with van der Waals surface area (Å²) in [5.74, 6) is 5.72. The molecular formula is C10H7BrN4O. The van der Waals surface area contributed by atoms with Crippen LogP contribution in [0.2, 0.25) is 0 Å². The van der Waals surface area contributed by atoms with Crippen LogP contribution in [0.4, 0.5) is 5.88 Å². The van der Waals surface area contributed by atoms with Crippen LogP contribution in [0, 0.1) is 11.3 Å². The van der Waals surface area contributed by atoms with Crippen molar-refractivity contribution in [2.24, 2.45) is 5.84 Å². The van der Waals surface area contributed by atoms with Gasteiger partial charge in [-0.15, -0.1) is 0 Å². The average Bonchev–Trinajstić information content (AvgIpc) is 2.73. The summed E-state index contributed by atoms with van der Waals surface area (Å²) in [6.45, 7) is 0. The maximum absolute atomic E-state index is 8.78. The lowest BCUT2D eigenvalue weighted by Gasteiger charge is -1.95. The van der Waals surface area contributed by atoms with Gasteiger partial charge in [0, 0.05) is 10.0 Å². The number of hydrazine groups is 1. The molecule has 80 valence electrons. The third-order valence-electron chi connectivity index (χ3n) is 1.96. The lowest BCUT2D eigenvalue weighted by Crippen LogP contribution is -2.06. The Morgan fingerprint density at radius 3 is 2.56 bits per heavy atom. The first-order valence-electron chi connectivity index (χ1n) is 4.38. The summed E-state index contributed by atoms with van der Waals surface area (Å²) in [5, 5.41) is 8.78. The smallest absolute Gasteiger partial charge is 0.246 e. The minimum atomic E-state index is 0.139. The van der Waals surface area contributed by atoms with Gasteiger partial charge in [-0.3, -0.25) is 5.43 Å². The highest BCUT2D eigenvalue weighted by molar-refractivity contribution is 9.10. The molecule has 0 aliphatic carbocycles. The molecular weight excluding hydrogens is 272 g/mol. The quantitative estimate of drug-likeness (QED) is 0.650. The molecule has 2 rings (SSSR count). The third-order valence-corrected chi connectivity index (χ3v) is 2.48. The van der Waals surface area contributed by atoms with Gasteiger partial charge in [0.1, 0.15) is 6.07 Å². The van der Waals surface area contributed by atoms with Crippen molar-refractivity contribution in [3.63, 3.8) is 0 Å².